The van der Waals surface area contributed by atoms with Gasteiger partial charge in [0.05, 0.1) is 12.8 Å². The summed E-state index contributed by atoms with van der Waals surface area (Å²) < 4.78 is 11.0. The number of ether oxygens (including phenoxy) is 2. The summed E-state index contributed by atoms with van der Waals surface area (Å²) in [6.45, 7) is 3.88. The third-order valence-corrected chi connectivity index (χ3v) is 3.30. The minimum Gasteiger partial charge on any atom is -0.495 e. The fourth-order valence-corrected chi connectivity index (χ4v) is 2.12. The first-order valence-electron chi connectivity index (χ1n) is 7.31. The number of hydrogen-bond acceptors (Lipinski definition) is 3. The lowest BCUT2D eigenvalue weighted by Crippen LogP contribution is -2.32. The standard InChI is InChI=1S/C18H21NO3/c1-4-16(22-14-8-6-5-7-9-14)18(20)19-15-12-13(2)10-11-17(15)21-3/h5-12,16H,4H2,1-3H3,(H,19,20). The Bertz CT molecular complexity index is 625. The topological polar surface area (TPSA) is 47.6 Å². The van der Waals surface area contributed by atoms with Crippen LogP contribution in [0, 0.1) is 6.92 Å². The zero-order valence-electron chi connectivity index (χ0n) is 13.1. The molecule has 2 aromatic carbocycles. The van der Waals surface area contributed by atoms with Gasteiger partial charge in [-0.05, 0) is 43.2 Å². The lowest BCUT2D eigenvalue weighted by Gasteiger charge is -2.18. The van der Waals surface area contributed by atoms with Crippen molar-refractivity contribution in [2.75, 3.05) is 12.4 Å². The molecule has 0 fully saturated rings. The summed E-state index contributed by atoms with van der Waals surface area (Å²) in [5.41, 5.74) is 1.70. The Labute approximate surface area is 131 Å². The second-order valence-corrected chi connectivity index (χ2v) is 5.02. The van der Waals surface area contributed by atoms with E-state index in [2.05, 4.69) is 5.32 Å². The Morgan fingerprint density at radius 3 is 2.55 bits per heavy atom. The van der Waals surface area contributed by atoms with Crippen molar-refractivity contribution in [3.63, 3.8) is 0 Å². The van der Waals surface area contributed by atoms with Crippen molar-refractivity contribution in [2.45, 2.75) is 26.4 Å². The van der Waals surface area contributed by atoms with Crippen molar-refractivity contribution in [3.8, 4) is 11.5 Å². The van der Waals surface area contributed by atoms with Crippen LogP contribution in [0.2, 0.25) is 0 Å². The lowest BCUT2D eigenvalue weighted by molar-refractivity contribution is -0.122. The number of rotatable bonds is 6. The molecule has 4 nitrogen and oxygen atoms in total. The van der Waals surface area contributed by atoms with Crippen LogP contribution < -0.4 is 14.8 Å². The molecule has 22 heavy (non-hydrogen) atoms. The fraction of sp³-hybridized carbons (Fsp3) is 0.278. The van der Waals surface area contributed by atoms with Crippen LogP contribution in [0.3, 0.4) is 0 Å². The molecule has 1 amide bonds. The third kappa shape index (κ3) is 4.01. The van der Waals surface area contributed by atoms with Crippen molar-refractivity contribution in [2.24, 2.45) is 0 Å². The zero-order chi connectivity index (χ0) is 15.9. The van der Waals surface area contributed by atoms with E-state index in [4.69, 9.17) is 9.47 Å². The van der Waals surface area contributed by atoms with Gasteiger partial charge in [-0.15, -0.1) is 0 Å². The smallest absolute Gasteiger partial charge is 0.265 e. The van der Waals surface area contributed by atoms with Crippen molar-refractivity contribution >= 4 is 11.6 Å². The Hall–Kier alpha value is -2.49. The van der Waals surface area contributed by atoms with Gasteiger partial charge in [-0.3, -0.25) is 4.79 Å². The van der Waals surface area contributed by atoms with E-state index < -0.39 is 6.10 Å². The highest BCUT2D eigenvalue weighted by Gasteiger charge is 2.19. The molecule has 0 aromatic heterocycles. The van der Waals surface area contributed by atoms with E-state index in [9.17, 15) is 4.79 Å². The summed E-state index contributed by atoms with van der Waals surface area (Å²) in [6, 6.07) is 15.0. The maximum absolute atomic E-state index is 12.4. The minimum atomic E-state index is -0.549. The Morgan fingerprint density at radius 1 is 1.18 bits per heavy atom. The van der Waals surface area contributed by atoms with Crippen LogP contribution in [0.1, 0.15) is 18.9 Å². The van der Waals surface area contributed by atoms with Gasteiger partial charge in [-0.2, -0.15) is 0 Å². The van der Waals surface area contributed by atoms with Gasteiger partial charge in [0.1, 0.15) is 11.5 Å². The van der Waals surface area contributed by atoms with E-state index in [1.165, 1.54) is 0 Å². The minimum absolute atomic E-state index is 0.185. The van der Waals surface area contributed by atoms with Crippen LogP contribution >= 0.6 is 0 Å². The average molecular weight is 299 g/mol. The predicted molar refractivity (Wildman–Crippen MR) is 87.5 cm³/mol. The van der Waals surface area contributed by atoms with Gasteiger partial charge in [0, 0.05) is 0 Å². The molecule has 1 unspecified atom stereocenters. The Balaban J connectivity index is 2.11. The quantitative estimate of drug-likeness (QED) is 0.882. The van der Waals surface area contributed by atoms with Gasteiger partial charge in [0.25, 0.3) is 5.91 Å². The van der Waals surface area contributed by atoms with Gasteiger partial charge in [-0.25, -0.2) is 0 Å². The predicted octanol–water partition coefficient (Wildman–Crippen LogP) is 3.80. The molecule has 0 spiro atoms. The van der Waals surface area contributed by atoms with Crippen LogP contribution in [-0.2, 0) is 4.79 Å². The van der Waals surface area contributed by atoms with Crippen molar-refractivity contribution in [1.29, 1.82) is 0 Å². The van der Waals surface area contributed by atoms with Gasteiger partial charge < -0.3 is 14.8 Å². The van der Waals surface area contributed by atoms with Crippen LogP contribution in [0.25, 0.3) is 0 Å². The normalized spacial score (nSPS) is 11.6. The highest BCUT2D eigenvalue weighted by molar-refractivity contribution is 5.95. The number of hydrogen-bond donors (Lipinski definition) is 1. The number of anilines is 1. The summed E-state index contributed by atoms with van der Waals surface area (Å²) >= 11 is 0. The fourth-order valence-electron chi connectivity index (χ4n) is 2.12. The van der Waals surface area contributed by atoms with Gasteiger partial charge >= 0.3 is 0 Å². The molecule has 116 valence electrons. The summed E-state index contributed by atoms with van der Waals surface area (Å²) in [4.78, 5) is 12.4. The van der Waals surface area contributed by atoms with Crippen LogP contribution in [0.15, 0.2) is 48.5 Å². The molecule has 0 saturated heterocycles. The molecule has 2 rings (SSSR count). The number of amides is 1. The lowest BCUT2D eigenvalue weighted by atomic mass is 10.2. The highest BCUT2D eigenvalue weighted by atomic mass is 16.5. The third-order valence-electron chi connectivity index (χ3n) is 3.30. The van der Waals surface area contributed by atoms with Crippen LogP contribution in [-0.4, -0.2) is 19.1 Å². The Kier molecular flexibility index (Phi) is 5.42. The number of carbonyl (C=O) groups is 1. The number of methoxy groups -OCH3 is 1. The number of carbonyl (C=O) groups excluding carboxylic acids is 1. The molecule has 0 aliphatic carbocycles. The molecule has 0 saturated carbocycles. The molecule has 0 heterocycles. The number of aryl methyl sites for hydroxylation is 1. The SMILES string of the molecule is CCC(Oc1ccccc1)C(=O)Nc1cc(C)ccc1OC. The molecule has 4 heteroatoms. The maximum Gasteiger partial charge on any atom is 0.265 e. The summed E-state index contributed by atoms with van der Waals surface area (Å²) in [6.07, 6.45) is 0.0297. The first-order chi connectivity index (χ1) is 10.6. The number of para-hydroxylation sites is 1. The summed E-state index contributed by atoms with van der Waals surface area (Å²) in [5, 5.41) is 2.88. The molecular formula is C18H21NO3. The Morgan fingerprint density at radius 2 is 1.91 bits per heavy atom. The van der Waals surface area contributed by atoms with Crippen molar-refractivity contribution in [1.82, 2.24) is 0 Å². The molecule has 0 aliphatic rings. The molecular weight excluding hydrogens is 278 g/mol. The molecule has 0 radical (unpaired) electrons. The number of nitrogens with one attached hydrogen (secondary N) is 1. The second-order valence-electron chi connectivity index (χ2n) is 5.02. The molecule has 1 atom stereocenters. The first-order valence-corrected chi connectivity index (χ1v) is 7.31. The highest BCUT2D eigenvalue weighted by Crippen LogP contribution is 2.25. The molecule has 0 bridgehead atoms. The second kappa shape index (κ2) is 7.50. The van der Waals surface area contributed by atoms with E-state index in [0.717, 1.165) is 5.56 Å². The average Bonchev–Trinajstić information content (AvgIpc) is 2.53. The summed E-state index contributed by atoms with van der Waals surface area (Å²) in [5.74, 6) is 1.13. The van der Waals surface area contributed by atoms with E-state index >= 15 is 0 Å². The maximum atomic E-state index is 12.4. The van der Waals surface area contributed by atoms with Crippen molar-refractivity contribution < 1.29 is 14.3 Å². The van der Waals surface area contributed by atoms with E-state index in [-0.39, 0.29) is 5.91 Å². The number of benzene rings is 2. The van der Waals surface area contributed by atoms with Gasteiger partial charge in [0.2, 0.25) is 0 Å². The molecule has 1 N–H and O–H groups in total. The first kappa shape index (κ1) is 15.9. The van der Waals surface area contributed by atoms with Crippen LogP contribution in [0.5, 0.6) is 11.5 Å². The van der Waals surface area contributed by atoms with Crippen molar-refractivity contribution in [3.05, 3.63) is 54.1 Å². The monoisotopic (exact) mass is 299 g/mol. The molecule has 2 aromatic rings. The summed E-state index contributed by atoms with van der Waals surface area (Å²) in [7, 11) is 1.58. The van der Waals surface area contributed by atoms with E-state index in [0.29, 0.717) is 23.6 Å². The van der Waals surface area contributed by atoms with E-state index in [1.807, 2.05) is 62.4 Å². The van der Waals surface area contributed by atoms with E-state index in [1.54, 1.807) is 7.11 Å². The van der Waals surface area contributed by atoms with Gasteiger partial charge in [0.15, 0.2) is 6.10 Å². The largest absolute Gasteiger partial charge is 0.495 e. The van der Waals surface area contributed by atoms with Crippen LogP contribution in [0.4, 0.5) is 5.69 Å². The molecule has 0 aliphatic heterocycles. The zero-order valence-corrected chi connectivity index (χ0v) is 13.1. The van der Waals surface area contributed by atoms with Gasteiger partial charge in [-0.1, -0.05) is 31.2 Å².